The zero-order valence-corrected chi connectivity index (χ0v) is 12.1. The van der Waals surface area contributed by atoms with Crippen molar-refractivity contribution in [2.24, 2.45) is 11.3 Å². The van der Waals surface area contributed by atoms with Crippen LogP contribution in [0.3, 0.4) is 0 Å². The first-order chi connectivity index (χ1) is 9.30. The van der Waals surface area contributed by atoms with Crippen molar-refractivity contribution in [1.82, 2.24) is 5.32 Å². The van der Waals surface area contributed by atoms with Crippen LogP contribution in [0.25, 0.3) is 0 Å². The monoisotopic (exact) mass is 275 g/mol. The van der Waals surface area contributed by atoms with Crippen molar-refractivity contribution in [2.45, 2.75) is 39.2 Å². The number of carbonyl (C=O) groups is 2. The van der Waals surface area contributed by atoms with Gasteiger partial charge < -0.3 is 10.4 Å². The molecule has 3 atom stereocenters. The molecule has 0 bridgehead atoms. The standard InChI is InChI=1S/C16H21NO3/c1-16(2,3)13(15(19)20)17-14(18)12-9-11(12)10-7-5-4-6-8-10/h4-8,11-13H,9H2,1-3H3,(H,17,18)(H,19,20)/t11?,12?,13-/m1/s1. The van der Waals surface area contributed by atoms with Crippen LogP contribution in [0.15, 0.2) is 30.3 Å². The number of carbonyl (C=O) groups excluding carboxylic acids is 1. The van der Waals surface area contributed by atoms with Crippen molar-refractivity contribution in [1.29, 1.82) is 0 Å². The van der Waals surface area contributed by atoms with Crippen molar-refractivity contribution in [2.75, 3.05) is 0 Å². The molecule has 1 saturated carbocycles. The van der Waals surface area contributed by atoms with E-state index in [-0.39, 0.29) is 17.7 Å². The molecule has 1 fully saturated rings. The van der Waals surface area contributed by atoms with E-state index < -0.39 is 17.4 Å². The minimum absolute atomic E-state index is 0.0957. The molecule has 2 unspecified atom stereocenters. The van der Waals surface area contributed by atoms with Gasteiger partial charge in [0.25, 0.3) is 0 Å². The fourth-order valence-corrected chi connectivity index (χ4v) is 2.45. The zero-order valence-electron chi connectivity index (χ0n) is 12.1. The summed E-state index contributed by atoms with van der Waals surface area (Å²) in [6.45, 7) is 5.44. The second-order valence-corrected chi connectivity index (χ2v) is 6.51. The van der Waals surface area contributed by atoms with Crippen LogP contribution in [-0.2, 0) is 9.59 Å². The highest BCUT2D eigenvalue weighted by atomic mass is 16.4. The average molecular weight is 275 g/mol. The lowest BCUT2D eigenvalue weighted by atomic mass is 9.86. The van der Waals surface area contributed by atoms with Crippen LogP contribution in [0.5, 0.6) is 0 Å². The molecule has 0 aromatic heterocycles. The van der Waals surface area contributed by atoms with E-state index in [1.807, 2.05) is 51.1 Å². The molecular weight excluding hydrogens is 254 g/mol. The van der Waals surface area contributed by atoms with Crippen LogP contribution in [0.1, 0.15) is 38.7 Å². The molecule has 1 aromatic rings. The Hall–Kier alpha value is -1.84. The first kappa shape index (κ1) is 14.6. The zero-order chi connectivity index (χ0) is 14.9. The third-order valence-corrected chi connectivity index (χ3v) is 3.75. The highest BCUT2D eigenvalue weighted by Crippen LogP contribution is 2.47. The summed E-state index contributed by atoms with van der Waals surface area (Å²) >= 11 is 0. The molecule has 1 aromatic carbocycles. The molecule has 4 nitrogen and oxygen atoms in total. The van der Waals surface area contributed by atoms with Crippen LogP contribution >= 0.6 is 0 Å². The Morgan fingerprint density at radius 2 is 1.85 bits per heavy atom. The largest absolute Gasteiger partial charge is 0.480 e. The van der Waals surface area contributed by atoms with E-state index in [4.69, 9.17) is 0 Å². The Morgan fingerprint density at radius 3 is 2.35 bits per heavy atom. The highest BCUT2D eigenvalue weighted by Gasteiger charge is 2.45. The van der Waals surface area contributed by atoms with E-state index in [9.17, 15) is 14.7 Å². The van der Waals surface area contributed by atoms with Crippen molar-refractivity contribution in [3.63, 3.8) is 0 Å². The molecule has 4 heteroatoms. The molecule has 0 radical (unpaired) electrons. The Morgan fingerprint density at radius 1 is 1.25 bits per heavy atom. The van der Waals surface area contributed by atoms with Crippen LogP contribution in [0, 0.1) is 11.3 Å². The summed E-state index contributed by atoms with van der Waals surface area (Å²) in [6, 6.07) is 9.02. The molecule has 2 rings (SSSR count). The first-order valence-corrected chi connectivity index (χ1v) is 6.89. The summed E-state index contributed by atoms with van der Waals surface area (Å²) in [5, 5.41) is 11.9. The molecule has 20 heavy (non-hydrogen) atoms. The van der Waals surface area contributed by atoms with E-state index in [2.05, 4.69) is 5.32 Å². The molecule has 0 heterocycles. The quantitative estimate of drug-likeness (QED) is 0.886. The summed E-state index contributed by atoms with van der Waals surface area (Å²) in [7, 11) is 0. The Kier molecular flexibility index (Phi) is 3.84. The summed E-state index contributed by atoms with van der Waals surface area (Å²) in [5.74, 6) is -1.00. The summed E-state index contributed by atoms with van der Waals surface area (Å²) < 4.78 is 0. The number of hydrogen-bond donors (Lipinski definition) is 2. The van der Waals surface area contributed by atoms with Crippen LogP contribution in [0.2, 0.25) is 0 Å². The molecule has 1 amide bonds. The van der Waals surface area contributed by atoms with Gasteiger partial charge >= 0.3 is 5.97 Å². The lowest BCUT2D eigenvalue weighted by Crippen LogP contribution is -2.49. The minimum Gasteiger partial charge on any atom is -0.480 e. The van der Waals surface area contributed by atoms with E-state index in [1.165, 1.54) is 0 Å². The van der Waals surface area contributed by atoms with Gasteiger partial charge in [-0.25, -0.2) is 4.79 Å². The molecule has 108 valence electrons. The second-order valence-electron chi connectivity index (χ2n) is 6.51. The van der Waals surface area contributed by atoms with Gasteiger partial charge in [-0.05, 0) is 23.3 Å². The van der Waals surface area contributed by atoms with E-state index in [0.29, 0.717) is 0 Å². The summed E-state index contributed by atoms with van der Waals surface area (Å²) in [4.78, 5) is 23.4. The van der Waals surface area contributed by atoms with Gasteiger partial charge in [-0.1, -0.05) is 51.1 Å². The number of carboxylic acid groups (broad SMARTS) is 1. The molecule has 0 aliphatic heterocycles. The number of carboxylic acids is 1. The number of nitrogens with one attached hydrogen (secondary N) is 1. The molecule has 0 saturated heterocycles. The van der Waals surface area contributed by atoms with Gasteiger partial charge in [0, 0.05) is 5.92 Å². The number of benzene rings is 1. The predicted octanol–water partition coefficient (Wildman–Crippen LogP) is 2.41. The van der Waals surface area contributed by atoms with Crippen LogP contribution in [0.4, 0.5) is 0 Å². The highest BCUT2D eigenvalue weighted by molar-refractivity contribution is 5.88. The Bertz CT molecular complexity index is 504. The molecular formula is C16H21NO3. The third-order valence-electron chi connectivity index (χ3n) is 3.75. The van der Waals surface area contributed by atoms with Gasteiger partial charge in [-0.3, -0.25) is 4.79 Å². The molecule has 0 spiro atoms. The fourth-order valence-electron chi connectivity index (χ4n) is 2.45. The van der Waals surface area contributed by atoms with E-state index >= 15 is 0 Å². The number of hydrogen-bond acceptors (Lipinski definition) is 2. The maximum atomic E-state index is 12.2. The topological polar surface area (TPSA) is 66.4 Å². The van der Waals surface area contributed by atoms with Crippen LogP contribution in [-0.4, -0.2) is 23.0 Å². The predicted molar refractivity (Wildman–Crippen MR) is 76.3 cm³/mol. The lowest BCUT2D eigenvalue weighted by Gasteiger charge is -2.27. The average Bonchev–Trinajstić information content (AvgIpc) is 3.15. The van der Waals surface area contributed by atoms with Gasteiger partial charge in [-0.15, -0.1) is 0 Å². The van der Waals surface area contributed by atoms with Gasteiger partial charge in [-0.2, -0.15) is 0 Å². The van der Waals surface area contributed by atoms with Gasteiger partial charge in [0.15, 0.2) is 0 Å². The summed E-state index contributed by atoms with van der Waals surface area (Å²) in [5.41, 5.74) is 0.647. The number of aliphatic carboxylic acids is 1. The Labute approximate surface area is 119 Å². The van der Waals surface area contributed by atoms with Crippen molar-refractivity contribution < 1.29 is 14.7 Å². The maximum absolute atomic E-state index is 12.2. The summed E-state index contributed by atoms with van der Waals surface area (Å²) in [6.07, 6.45) is 0.798. The smallest absolute Gasteiger partial charge is 0.326 e. The maximum Gasteiger partial charge on any atom is 0.326 e. The number of rotatable bonds is 4. The normalized spacial score (nSPS) is 22.9. The molecule has 1 aliphatic rings. The fraction of sp³-hybridized carbons (Fsp3) is 0.500. The third kappa shape index (κ3) is 3.18. The lowest BCUT2D eigenvalue weighted by molar-refractivity contribution is -0.145. The van der Waals surface area contributed by atoms with Crippen LogP contribution < -0.4 is 5.32 Å². The van der Waals surface area contributed by atoms with Gasteiger partial charge in [0.1, 0.15) is 6.04 Å². The molecule has 1 aliphatic carbocycles. The minimum atomic E-state index is -0.984. The van der Waals surface area contributed by atoms with Gasteiger partial charge in [0.2, 0.25) is 5.91 Å². The van der Waals surface area contributed by atoms with Gasteiger partial charge in [0.05, 0.1) is 0 Å². The van der Waals surface area contributed by atoms with Crippen molar-refractivity contribution >= 4 is 11.9 Å². The van der Waals surface area contributed by atoms with E-state index in [1.54, 1.807) is 0 Å². The first-order valence-electron chi connectivity index (χ1n) is 6.89. The van der Waals surface area contributed by atoms with Crippen molar-refractivity contribution in [3.05, 3.63) is 35.9 Å². The Balaban J connectivity index is 1.99. The van der Waals surface area contributed by atoms with E-state index in [0.717, 1.165) is 12.0 Å². The SMILES string of the molecule is CC(C)(C)[C@H](NC(=O)C1CC1c1ccccc1)C(=O)O. The second kappa shape index (κ2) is 5.27. The number of amides is 1. The molecule has 2 N–H and O–H groups in total. The van der Waals surface area contributed by atoms with Crippen molar-refractivity contribution in [3.8, 4) is 0 Å².